The SMILES string of the molecule is CCC(C)C(=S)S[Si](OC)(OC)OC. The molecule has 0 aromatic heterocycles. The van der Waals surface area contributed by atoms with Gasteiger partial charge in [-0.25, -0.2) is 0 Å². The fourth-order valence-corrected chi connectivity index (χ4v) is 5.31. The molecule has 1 atom stereocenters. The van der Waals surface area contributed by atoms with Gasteiger partial charge in [0.25, 0.3) is 0 Å². The molecule has 0 aromatic rings. The van der Waals surface area contributed by atoms with E-state index in [1.165, 1.54) is 11.2 Å². The summed E-state index contributed by atoms with van der Waals surface area (Å²) < 4.78 is 16.7. The third kappa shape index (κ3) is 3.96. The lowest BCUT2D eigenvalue weighted by atomic mass is 10.2. The van der Waals surface area contributed by atoms with Crippen LogP contribution in [0.5, 0.6) is 0 Å². The monoisotopic (exact) mass is 254 g/mol. The molecule has 0 bridgehead atoms. The van der Waals surface area contributed by atoms with Crippen LogP contribution in [0.15, 0.2) is 0 Å². The highest BCUT2D eigenvalue weighted by molar-refractivity contribution is 8.42. The lowest BCUT2D eigenvalue weighted by molar-refractivity contribution is 0.153. The Morgan fingerprint density at radius 2 is 1.71 bits per heavy atom. The van der Waals surface area contributed by atoms with Gasteiger partial charge in [0.05, 0.1) is 4.20 Å². The molecule has 0 rings (SSSR count). The summed E-state index contributed by atoms with van der Waals surface area (Å²) >= 11 is 6.71. The van der Waals surface area contributed by atoms with Gasteiger partial charge in [0, 0.05) is 21.3 Å². The molecule has 0 aliphatic heterocycles. The van der Waals surface area contributed by atoms with Crippen LogP contribution in [0.3, 0.4) is 0 Å². The maximum Gasteiger partial charge on any atom is 0.577 e. The van der Waals surface area contributed by atoms with Crippen molar-refractivity contribution in [3.8, 4) is 0 Å². The molecular weight excluding hydrogens is 236 g/mol. The van der Waals surface area contributed by atoms with Crippen LogP contribution in [0.4, 0.5) is 0 Å². The molecule has 84 valence electrons. The fourth-order valence-electron chi connectivity index (χ4n) is 0.765. The van der Waals surface area contributed by atoms with Crippen LogP contribution in [-0.2, 0) is 13.3 Å². The van der Waals surface area contributed by atoms with E-state index in [9.17, 15) is 0 Å². The molecule has 6 heteroatoms. The summed E-state index contributed by atoms with van der Waals surface area (Å²) in [6.45, 7) is 4.20. The van der Waals surface area contributed by atoms with E-state index < -0.39 is 7.95 Å². The van der Waals surface area contributed by atoms with E-state index in [2.05, 4.69) is 13.8 Å². The normalized spacial score (nSPS) is 14.1. The minimum absolute atomic E-state index is 0.377. The first-order valence-electron chi connectivity index (χ1n) is 4.43. The Bertz CT molecular complexity index is 177. The Labute approximate surface area is 96.5 Å². The Morgan fingerprint density at radius 3 is 2.00 bits per heavy atom. The van der Waals surface area contributed by atoms with E-state index in [4.69, 9.17) is 25.5 Å². The van der Waals surface area contributed by atoms with Crippen LogP contribution in [0.2, 0.25) is 0 Å². The molecule has 3 nitrogen and oxygen atoms in total. The van der Waals surface area contributed by atoms with Crippen LogP contribution in [0.25, 0.3) is 0 Å². The van der Waals surface area contributed by atoms with Crippen LogP contribution in [-0.4, -0.2) is 33.5 Å². The molecule has 0 radical (unpaired) electrons. The van der Waals surface area contributed by atoms with Crippen molar-refractivity contribution < 1.29 is 13.3 Å². The van der Waals surface area contributed by atoms with Crippen molar-refractivity contribution in [3.05, 3.63) is 0 Å². The first-order chi connectivity index (χ1) is 6.55. The summed E-state index contributed by atoms with van der Waals surface area (Å²) in [5.41, 5.74) is 0. The Morgan fingerprint density at radius 1 is 1.29 bits per heavy atom. The quantitative estimate of drug-likeness (QED) is 0.536. The number of thiocarbonyl (C=S) groups is 1. The van der Waals surface area contributed by atoms with Crippen molar-refractivity contribution in [2.75, 3.05) is 21.3 Å². The second kappa shape index (κ2) is 6.92. The molecule has 0 aliphatic carbocycles. The Balaban J connectivity index is 4.37. The van der Waals surface area contributed by atoms with E-state index in [-0.39, 0.29) is 0 Å². The summed E-state index contributed by atoms with van der Waals surface area (Å²) in [5, 5.41) is 0. The van der Waals surface area contributed by atoms with E-state index >= 15 is 0 Å². The Hall–Kier alpha value is 0.537. The van der Waals surface area contributed by atoms with Crippen LogP contribution >= 0.6 is 23.4 Å². The zero-order valence-corrected chi connectivity index (χ0v) is 12.0. The van der Waals surface area contributed by atoms with Crippen molar-refractivity contribution in [1.82, 2.24) is 0 Å². The van der Waals surface area contributed by atoms with Crippen molar-refractivity contribution >= 4 is 35.6 Å². The summed E-state index contributed by atoms with van der Waals surface area (Å²) in [6, 6.07) is 0. The summed E-state index contributed by atoms with van der Waals surface area (Å²) in [5.74, 6) is 0.377. The first kappa shape index (κ1) is 14.5. The molecule has 0 heterocycles. The van der Waals surface area contributed by atoms with Gasteiger partial charge >= 0.3 is 7.95 Å². The third-order valence-corrected chi connectivity index (χ3v) is 8.35. The van der Waals surface area contributed by atoms with Crippen LogP contribution in [0, 0.1) is 5.92 Å². The lowest BCUT2D eigenvalue weighted by Gasteiger charge is -2.24. The number of rotatable bonds is 6. The lowest BCUT2D eigenvalue weighted by Crippen LogP contribution is -2.41. The van der Waals surface area contributed by atoms with Gasteiger partial charge in [-0.3, -0.25) is 0 Å². The predicted octanol–water partition coefficient (Wildman–Crippen LogP) is 2.47. The van der Waals surface area contributed by atoms with E-state index in [0.29, 0.717) is 5.92 Å². The van der Waals surface area contributed by atoms with Gasteiger partial charge in [-0.1, -0.05) is 37.3 Å². The second-order valence-corrected chi connectivity index (χ2v) is 8.52. The largest absolute Gasteiger partial charge is 0.577 e. The molecule has 0 aromatic carbocycles. The maximum atomic E-state index is 5.28. The van der Waals surface area contributed by atoms with Crippen LogP contribution in [0.1, 0.15) is 20.3 Å². The smallest absolute Gasteiger partial charge is 0.368 e. The van der Waals surface area contributed by atoms with Gasteiger partial charge < -0.3 is 13.3 Å². The first-order valence-corrected chi connectivity index (χ1v) is 8.11. The molecule has 0 N–H and O–H groups in total. The van der Waals surface area contributed by atoms with E-state index in [1.807, 2.05) is 0 Å². The highest BCUT2D eigenvalue weighted by Crippen LogP contribution is 2.28. The number of hydrogen-bond acceptors (Lipinski definition) is 5. The zero-order valence-electron chi connectivity index (χ0n) is 9.33. The second-order valence-electron chi connectivity index (χ2n) is 2.84. The average molecular weight is 254 g/mol. The molecule has 0 saturated heterocycles. The highest BCUT2D eigenvalue weighted by Gasteiger charge is 2.41. The van der Waals surface area contributed by atoms with Crippen molar-refractivity contribution in [2.45, 2.75) is 20.3 Å². The van der Waals surface area contributed by atoms with Gasteiger partial charge in [0.15, 0.2) is 0 Å². The van der Waals surface area contributed by atoms with Gasteiger partial charge in [-0.2, -0.15) is 0 Å². The summed E-state index contributed by atoms with van der Waals surface area (Å²) in [7, 11) is 2.18. The topological polar surface area (TPSA) is 27.7 Å². The van der Waals surface area contributed by atoms with E-state index in [1.54, 1.807) is 21.3 Å². The van der Waals surface area contributed by atoms with Crippen LogP contribution < -0.4 is 0 Å². The van der Waals surface area contributed by atoms with Crippen molar-refractivity contribution in [2.24, 2.45) is 5.92 Å². The molecule has 1 unspecified atom stereocenters. The molecule has 0 aliphatic rings. The van der Waals surface area contributed by atoms with Crippen molar-refractivity contribution in [3.63, 3.8) is 0 Å². The zero-order chi connectivity index (χ0) is 11.2. The minimum Gasteiger partial charge on any atom is -0.368 e. The molecule has 14 heavy (non-hydrogen) atoms. The van der Waals surface area contributed by atoms with Gasteiger partial charge in [0.2, 0.25) is 0 Å². The molecular formula is C8H18O3S2Si. The average Bonchev–Trinajstić information content (AvgIpc) is 2.24. The molecule has 0 fully saturated rings. The van der Waals surface area contributed by atoms with Gasteiger partial charge in [-0.05, 0) is 12.3 Å². The summed E-state index contributed by atoms with van der Waals surface area (Å²) in [4.78, 5) is 0. The molecule has 0 spiro atoms. The van der Waals surface area contributed by atoms with E-state index in [0.717, 1.165) is 10.6 Å². The highest BCUT2D eigenvalue weighted by atomic mass is 32.4. The predicted molar refractivity (Wildman–Crippen MR) is 66.4 cm³/mol. The molecule has 0 amide bonds. The maximum absolute atomic E-state index is 5.28. The standard InChI is InChI=1S/C8H18O3S2Si/c1-6-7(2)8(12)13-14(9-3,10-4)11-5/h7H,6H2,1-5H3. The van der Waals surface area contributed by atoms with Gasteiger partial charge in [-0.15, -0.1) is 0 Å². The molecule has 0 saturated carbocycles. The summed E-state index contributed by atoms with van der Waals surface area (Å²) in [6.07, 6.45) is 1.02. The number of hydrogen-bond donors (Lipinski definition) is 0. The van der Waals surface area contributed by atoms with Gasteiger partial charge in [0.1, 0.15) is 0 Å². The minimum atomic E-state index is -2.58. The fraction of sp³-hybridized carbons (Fsp3) is 0.875. The van der Waals surface area contributed by atoms with Crippen molar-refractivity contribution in [1.29, 1.82) is 0 Å². The Kier molecular flexibility index (Phi) is 7.18. The third-order valence-electron chi connectivity index (χ3n) is 1.99.